The maximum atomic E-state index is 12.1. The van der Waals surface area contributed by atoms with Crippen LogP contribution in [0.4, 0.5) is 5.69 Å². The molecule has 0 radical (unpaired) electrons. The van der Waals surface area contributed by atoms with Crippen LogP contribution in [-0.4, -0.2) is 15.9 Å². The minimum atomic E-state index is -0.214. The first-order chi connectivity index (χ1) is 11.2. The molecular weight excluding hydrogens is 330 g/mol. The molecule has 0 unspecified atom stereocenters. The minimum absolute atomic E-state index is 0.214. The number of rotatable bonds is 4. The summed E-state index contributed by atoms with van der Waals surface area (Å²) in [5.74, 6) is -0.214. The van der Waals surface area contributed by atoms with Gasteiger partial charge in [0.25, 0.3) is 5.91 Å². The standard InChI is InChI=1S/C17H12ClN3OS/c18-13-4-6-15(7-5-13)23-16-8-3-12(10-20-16)17(22)21-14-2-1-9-19-11-14/h1-11H,(H,21,22). The highest BCUT2D eigenvalue weighted by atomic mass is 35.5. The van der Waals surface area contributed by atoms with E-state index in [1.807, 2.05) is 30.3 Å². The number of hydrogen-bond donors (Lipinski definition) is 1. The molecule has 0 aliphatic heterocycles. The van der Waals surface area contributed by atoms with Crippen LogP contribution in [0.2, 0.25) is 5.02 Å². The molecule has 0 saturated carbocycles. The van der Waals surface area contributed by atoms with E-state index in [-0.39, 0.29) is 5.91 Å². The number of amides is 1. The fourth-order valence-corrected chi connectivity index (χ4v) is 2.72. The van der Waals surface area contributed by atoms with E-state index < -0.39 is 0 Å². The van der Waals surface area contributed by atoms with Crippen molar-refractivity contribution in [2.45, 2.75) is 9.92 Å². The molecule has 0 spiro atoms. The molecule has 3 rings (SSSR count). The number of aromatic nitrogens is 2. The Bertz CT molecular complexity index is 792. The highest BCUT2D eigenvalue weighted by Crippen LogP contribution is 2.27. The van der Waals surface area contributed by atoms with E-state index in [0.717, 1.165) is 9.92 Å². The van der Waals surface area contributed by atoms with E-state index in [1.54, 1.807) is 36.8 Å². The quantitative estimate of drug-likeness (QED) is 0.757. The van der Waals surface area contributed by atoms with E-state index in [1.165, 1.54) is 11.8 Å². The van der Waals surface area contributed by atoms with Gasteiger partial charge in [0.2, 0.25) is 0 Å². The Kier molecular flexibility index (Phi) is 4.90. The second-order valence-electron chi connectivity index (χ2n) is 4.64. The molecule has 1 N–H and O–H groups in total. The van der Waals surface area contributed by atoms with Gasteiger partial charge in [-0.1, -0.05) is 23.4 Å². The number of nitrogens with zero attached hydrogens (tertiary/aromatic N) is 2. The Morgan fingerprint density at radius 2 is 1.87 bits per heavy atom. The van der Waals surface area contributed by atoms with Crippen molar-refractivity contribution >= 4 is 35.0 Å². The molecule has 114 valence electrons. The first kappa shape index (κ1) is 15.5. The molecule has 1 aromatic carbocycles. The van der Waals surface area contributed by atoms with Crippen LogP contribution in [0, 0.1) is 0 Å². The molecule has 0 bridgehead atoms. The molecule has 0 saturated heterocycles. The first-order valence-electron chi connectivity index (χ1n) is 6.81. The lowest BCUT2D eigenvalue weighted by molar-refractivity contribution is 0.102. The second-order valence-corrected chi connectivity index (χ2v) is 6.17. The normalized spacial score (nSPS) is 10.3. The lowest BCUT2D eigenvalue weighted by Crippen LogP contribution is -2.12. The van der Waals surface area contributed by atoms with Gasteiger partial charge < -0.3 is 5.32 Å². The van der Waals surface area contributed by atoms with Crippen molar-refractivity contribution in [3.63, 3.8) is 0 Å². The van der Waals surface area contributed by atoms with Crippen molar-refractivity contribution < 1.29 is 4.79 Å². The topological polar surface area (TPSA) is 54.9 Å². The monoisotopic (exact) mass is 341 g/mol. The van der Waals surface area contributed by atoms with Crippen LogP contribution in [0.3, 0.4) is 0 Å². The summed E-state index contributed by atoms with van der Waals surface area (Å²) in [6, 6.07) is 14.6. The molecular formula is C17H12ClN3OS. The van der Waals surface area contributed by atoms with Gasteiger partial charge in [0.15, 0.2) is 0 Å². The number of benzene rings is 1. The summed E-state index contributed by atoms with van der Waals surface area (Å²) in [5, 5.41) is 4.28. The van der Waals surface area contributed by atoms with Crippen LogP contribution in [0.5, 0.6) is 0 Å². The van der Waals surface area contributed by atoms with Crippen molar-refractivity contribution in [2.75, 3.05) is 5.32 Å². The third-order valence-corrected chi connectivity index (χ3v) is 4.16. The molecule has 2 aromatic heterocycles. The summed E-state index contributed by atoms with van der Waals surface area (Å²) in [4.78, 5) is 21.4. The zero-order chi connectivity index (χ0) is 16.1. The van der Waals surface area contributed by atoms with Gasteiger partial charge in [-0.2, -0.15) is 0 Å². The second kappa shape index (κ2) is 7.26. The van der Waals surface area contributed by atoms with Gasteiger partial charge in [-0.25, -0.2) is 4.98 Å². The molecule has 2 heterocycles. The fraction of sp³-hybridized carbons (Fsp3) is 0. The summed E-state index contributed by atoms with van der Waals surface area (Å²) in [6.07, 6.45) is 4.81. The number of hydrogen-bond acceptors (Lipinski definition) is 4. The fourth-order valence-electron chi connectivity index (χ4n) is 1.84. The zero-order valence-electron chi connectivity index (χ0n) is 11.9. The van der Waals surface area contributed by atoms with Crippen molar-refractivity contribution in [1.29, 1.82) is 0 Å². The van der Waals surface area contributed by atoms with Crippen LogP contribution in [0.25, 0.3) is 0 Å². The number of halogens is 1. The average Bonchev–Trinajstić information content (AvgIpc) is 2.58. The van der Waals surface area contributed by atoms with Gasteiger partial charge in [-0.05, 0) is 48.5 Å². The number of carbonyl (C=O) groups excluding carboxylic acids is 1. The molecule has 6 heteroatoms. The Labute approximate surface area is 142 Å². The average molecular weight is 342 g/mol. The molecule has 3 aromatic rings. The van der Waals surface area contributed by atoms with Crippen LogP contribution >= 0.6 is 23.4 Å². The summed E-state index contributed by atoms with van der Waals surface area (Å²) in [5.41, 5.74) is 1.14. The van der Waals surface area contributed by atoms with Crippen molar-refractivity contribution in [2.24, 2.45) is 0 Å². The van der Waals surface area contributed by atoms with Crippen molar-refractivity contribution in [1.82, 2.24) is 9.97 Å². The maximum Gasteiger partial charge on any atom is 0.257 e. The molecule has 0 aliphatic rings. The van der Waals surface area contributed by atoms with Gasteiger partial charge in [0.1, 0.15) is 5.03 Å². The Morgan fingerprint density at radius 3 is 2.52 bits per heavy atom. The van der Waals surface area contributed by atoms with E-state index in [4.69, 9.17) is 11.6 Å². The van der Waals surface area contributed by atoms with Gasteiger partial charge in [-0.15, -0.1) is 0 Å². The van der Waals surface area contributed by atoms with Crippen molar-refractivity contribution in [3.8, 4) is 0 Å². The lowest BCUT2D eigenvalue weighted by atomic mass is 10.2. The van der Waals surface area contributed by atoms with Gasteiger partial charge >= 0.3 is 0 Å². The van der Waals surface area contributed by atoms with Gasteiger partial charge in [-0.3, -0.25) is 9.78 Å². The summed E-state index contributed by atoms with van der Waals surface area (Å²) >= 11 is 7.37. The predicted octanol–water partition coefficient (Wildman–Crippen LogP) is 4.53. The predicted molar refractivity (Wildman–Crippen MR) is 92.0 cm³/mol. The first-order valence-corrected chi connectivity index (χ1v) is 8.01. The van der Waals surface area contributed by atoms with Crippen LogP contribution in [0.1, 0.15) is 10.4 Å². The number of pyridine rings is 2. The van der Waals surface area contributed by atoms with Gasteiger partial charge in [0, 0.05) is 22.3 Å². The third-order valence-electron chi connectivity index (χ3n) is 2.95. The van der Waals surface area contributed by atoms with E-state index in [9.17, 15) is 4.79 Å². The molecule has 4 nitrogen and oxygen atoms in total. The SMILES string of the molecule is O=C(Nc1cccnc1)c1ccc(Sc2ccc(Cl)cc2)nc1. The Hall–Kier alpha value is -2.37. The summed E-state index contributed by atoms with van der Waals surface area (Å²) in [7, 11) is 0. The van der Waals surface area contributed by atoms with Gasteiger partial charge in [0.05, 0.1) is 17.4 Å². The van der Waals surface area contributed by atoms with Crippen LogP contribution < -0.4 is 5.32 Å². The molecule has 0 aliphatic carbocycles. The third kappa shape index (κ3) is 4.31. The smallest absolute Gasteiger partial charge is 0.257 e. The van der Waals surface area contributed by atoms with Crippen molar-refractivity contribution in [3.05, 3.63) is 77.7 Å². The highest BCUT2D eigenvalue weighted by molar-refractivity contribution is 7.99. The van der Waals surface area contributed by atoms with E-state index >= 15 is 0 Å². The van der Waals surface area contributed by atoms with Crippen LogP contribution in [-0.2, 0) is 0 Å². The van der Waals surface area contributed by atoms with E-state index in [2.05, 4.69) is 15.3 Å². The minimum Gasteiger partial charge on any atom is -0.321 e. The summed E-state index contributed by atoms with van der Waals surface area (Å²) < 4.78 is 0. The van der Waals surface area contributed by atoms with E-state index in [0.29, 0.717) is 16.3 Å². The highest BCUT2D eigenvalue weighted by Gasteiger charge is 2.07. The largest absolute Gasteiger partial charge is 0.321 e. The number of anilines is 1. The van der Waals surface area contributed by atoms with Crippen LogP contribution in [0.15, 0.2) is 77.0 Å². The lowest BCUT2D eigenvalue weighted by Gasteiger charge is -2.05. The maximum absolute atomic E-state index is 12.1. The molecule has 23 heavy (non-hydrogen) atoms. The Balaban J connectivity index is 1.66. The molecule has 1 amide bonds. The zero-order valence-corrected chi connectivity index (χ0v) is 13.5. The molecule has 0 fully saturated rings. The molecule has 0 atom stereocenters. The number of nitrogens with one attached hydrogen (secondary N) is 1. The Morgan fingerprint density at radius 1 is 1.04 bits per heavy atom. The number of carbonyl (C=O) groups is 1. The summed E-state index contributed by atoms with van der Waals surface area (Å²) in [6.45, 7) is 0.